The van der Waals surface area contributed by atoms with Gasteiger partial charge in [0.1, 0.15) is 11.4 Å². The summed E-state index contributed by atoms with van der Waals surface area (Å²) in [6, 6.07) is 62.5. The van der Waals surface area contributed by atoms with Gasteiger partial charge in [-0.05, 0) is 233 Å². The number of benzene rings is 6. The fourth-order valence-electron chi connectivity index (χ4n) is 15.6. The Morgan fingerprint density at radius 3 is 1.24 bits per heavy atom. The van der Waals surface area contributed by atoms with Gasteiger partial charge in [-0.1, -0.05) is 163 Å². The number of ketones is 1. The zero-order valence-electron chi connectivity index (χ0n) is 65.0. The highest BCUT2D eigenvalue weighted by atomic mass is 32.2. The van der Waals surface area contributed by atoms with E-state index in [0.717, 1.165) is 51.4 Å². The molecule has 6 aromatic rings. The molecule has 602 valence electrons. The first-order valence-corrected chi connectivity index (χ1v) is 43.5. The van der Waals surface area contributed by atoms with E-state index < -0.39 is 91.4 Å². The highest BCUT2D eigenvalue weighted by Gasteiger charge is 2.64. The van der Waals surface area contributed by atoms with Crippen LogP contribution in [0.2, 0.25) is 0 Å². The molecule has 0 amide bonds. The molecule has 7 aliphatic rings. The Morgan fingerprint density at radius 2 is 0.900 bits per heavy atom. The molecule has 15 nitrogen and oxygen atoms in total. The summed E-state index contributed by atoms with van der Waals surface area (Å²) in [6.45, 7) is 15.0. The van der Waals surface area contributed by atoms with Gasteiger partial charge in [0.2, 0.25) is 0 Å². The number of hydrogen-bond donors (Lipinski definition) is 0. The van der Waals surface area contributed by atoms with Gasteiger partial charge in [-0.3, -0.25) is 19.2 Å². The van der Waals surface area contributed by atoms with E-state index in [9.17, 15) is 71.9 Å². The van der Waals surface area contributed by atoms with Crippen LogP contribution in [-0.2, 0) is 84.9 Å². The van der Waals surface area contributed by atoms with Crippen LogP contribution >= 0.6 is 0 Å². The molecular formula is C86H109F5O15S4. The molecule has 0 heterocycles. The van der Waals surface area contributed by atoms with Crippen LogP contribution in [0, 0.1) is 57.7 Å². The van der Waals surface area contributed by atoms with Gasteiger partial charge < -0.3 is 28.1 Å². The Labute approximate surface area is 653 Å². The number of carbonyl (C=O) groups is 5. The summed E-state index contributed by atoms with van der Waals surface area (Å²) in [5, 5.41) is -4.56. The molecule has 7 aliphatic carbocycles. The summed E-state index contributed by atoms with van der Waals surface area (Å²) in [7, 11) is -10.2. The van der Waals surface area contributed by atoms with Crippen LogP contribution in [0.5, 0.6) is 0 Å². The number of hydrogen-bond acceptors (Lipinski definition) is 15. The summed E-state index contributed by atoms with van der Waals surface area (Å²) in [5.74, 6) is -1.60. The first-order valence-electron chi connectivity index (χ1n) is 38.0. The van der Waals surface area contributed by atoms with Crippen LogP contribution in [0.15, 0.2) is 205 Å². The maximum Gasteiger partial charge on any atom is 0.422 e. The smallest absolute Gasteiger partial charge is 0.422 e. The lowest BCUT2D eigenvalue weighted by atomic mass is 9.49. The molecule has 7 saturated carbocycles. The molecule has 2 atom stereocenters. The van der Waals surface area contributed by atoms with E-state index in [0.29, 0.717) is 56.3 Å². The Morgan fingerprint density at radius 1 is 0.518 bits per heavy atom. The molecule has 0 radical (unpaired) electrons. The lowest BCUT2D eigenvalue weighted by Gasteiger charge is -2.55. The molecule has 0 N–H and O–H groups in total. The van der Waals surface area contributed by atoms with Crippen molar-refractivity contribution in [2.75, 3.05) is 25.6 Å². The Bertz CT molecular complexity index is 3990. The Hall–Kier alpha value is -6.96. The summed E-state index contributed by atoms with van der Waals surface area (Å²) >= 11 is 0. The molecule has 6 aromatic carbocycles. The summed E-state index contributed by atoms with van der Waals surface area (Å²) in [6.07, 6.45) is 13.1. The minimum absolute atomic E-state index is 0.00702. The van der Waals surface area contributed by atoms with Crippen molar-refractivity contribution in [3.63, 3.8) is 0 Å². The van der Waals surface area contributed by atoms with E-state index in [1.54, 1.807) is 20.8 Å². The SMILES string of the molecule is CC1(C)C2CCC1(CS(=O)(=O)[O-])C(=O)C2.CCC(C)(C)C(=O)OCC(=O)OCC(F)(F)F.CCC1(OC(=O)C(C)(C)CC)CCCCCCC1.Cc1ccc([S+](c2ccccc2)c2ccccc2)cc1.O=C(OCC(F)(F)S(=O)(=O)[O-])C12CC3CC(CC(C3)C1)C2.c1ccc([S+](c2ccccc2)c2ccccc2)cc1. The van der Waals surface area contributed by atoms with Crippen LogP contribution < -0.4 is 0 Å². The third kappa shape index (κ3) is 25.0. The zero-order chi connectivity index (χ0) is 81.0. The van der Waals surface area contributed by atoms with Crippen LogP contribution in [-0.4, -0.2) is 98.2 Å². The average molecular weight is 1610 g/mol. The lowest BCUT2D eigenvalue weighted by Crippen LogP contribution is -2.51. The molecule has 2 unspecified atom stereocenters. The second-order valence-electron chi connectivity index (χ2n) is 31.7. The van der Waals surface area contributed by atoms with Crippen molar-refractivity contribution in [3.05, 3.63) is 181 Å². The predicted octanol–water partition coefficient (Wildman–Crippen LogP) is 19.6. The van der Waals surface area contributed by atoms with E-state index in [1.807, 2.05) is 27.7 Å². The predicted molar refractivity (Wildman–Crippen MR) is 415 cm³/mol. The quantitative estimate of drug-likeness (QED) is 0.0214. The van der Waals surface area contributed by atoms with Gasteiger partial charge in [0.05, 0.1) is 53.9 Å². The third-order valence-corrected chi connectivity index (χ3v) is 28.9. The van der Waals surface area contributed by atoms with Gasteiger partial charge in [-0.2, -0.15) is 22.0 Å². The van der Waals surface area contributed by atoms with Crippen molar-refractivity contribution in [2.45, 2.75) is 238 Å². The molecule has 110 heavy (non-hydrogen) atoms. The maximum atomic E-state index is 13.1. The standard InChI is InChI=1S/C19H17S.C18H15S.C16H30O2.C13H18F2O5S.C10H15F3O4.C10H16O4S/c1-16-12-14-19(15-13-16)20(17-8-4-2-5-9-17)18-10-6-3-7-11-18;1-4-10-16(11-5-1)19(17-12-6-2-7-13-17)18-14-8-3-9-15-18;1-5-15(3,4)14(17)18-16(6-2)12-10-8-7-9-11-13-16;14-13(15,21(17,18)19)7-20-11(16)12-4-8-1-9(5-12)3-10(2-8)6-12;1-4-9(2,3)8(15)16-5-7(14)17-6-10(11,12)13;1-9(2)7-3-4-10(9,8(11)5-7)6-15(12,13)14/h2-15H,1H3;1-15H;5-13H2,1-4H3;8-10H,1-7H2,(H,17,18,19);4-6H2,1-3H3;7H,3-6H2,1-2H3,(H,12,13,14)/q2*+1;;;;/p-2. The van der Waals surface area contributed by atoms with E-state index in [1.165, 1.54) is 67.0 Å². The fraction of sp³-hybridized carbons (Fsp3) is 0.523. The second-order valence-corrected chi connectivity index (χ2v) is 38.7. The Balaban J connectivity index is 0.000000184. The average Bonchev–Trinajstić information content (AvgIpc) is 1.49. The van der Waals surface area contributed by atoms with Crippen molar-refractivity contribution in [3.8, 4) is 0 Å². The van der Waals surface area contributed by atoms with Crippen molar-refractivity contribution < 1.29 is 90.8 Å². The van der Waals surface area contributed by atoms with Crippen LogP contribution in [0.25, 0.3) is 0 Å². The lowest BCUT2D eigenvalue weighted by molar-refractivity contribution is -0.190. The first kappa shape index (κ1) is 90.2. The van der Waals surface area contributed by atoms with Gasteiger partial charge in [-0.25, -0.2) is 21.6 Å². The number of aryl methyl sites for hydroxylation is 1. The summed E-state index contributed by atoms with van der Waals surface area (Å²) in [5.41, 5.74) is -1.95. The van der Waals surface area contributed by atoms with E-state index in [-0.39, 0.29) is 55.9 Å². The van der Waals surface area contributed by atoms with Crippen molar-refractivity contribution >= 4 is 71.7 Å². The molecular weight excluding hydrogens is 1500 g/mol. The topological polar surface area (TPSA) is 237 Å². The van der Waals surface area contributed by atoms with Crippen LogP contribution in [0.3, 0.4) is 0 Å². The van der Waals surface area contributed by atoms with Crippen molar-refractivity contribution in [1.82, 2.24) is 0 Å². The zero-order valence-corrected chi connectivity index (χ0v) is 68.2. The molecule has 6 bridgehead atoms. The number of ether oxygens (including phenoxy) is 4. The molecule has 24 heteroatoms. The van der Waals surface area contributed by atoms with Gasteiger partial charge in [0.25, 0.3) is 0 Å². The van der Waals surface area contributed by atoms with Crippen LogP contribution in [0.4, 0.5) is 22.0 Å². The van der Waals surface area contributed by atoms with E-state index in [2.05, 4.69) is 211 Å². The number of esters is 4. The first-order chi connectivity index (χ1) is 51.6. The second kappa shape index (κ2) is 39.2. The third-order valence-electron chi connectivity index (χ3n) is 22.7. The van der Waals surface area contributed by atoms with Gasteiger partial charge in [0, 0.05) is 11.8 Å². The monoisotopic (exact) mass is 1600 g/mol. The highest BCUT2D eigenvalue weighted by Crippen LogP contribution is 2.64. The minimum atomic E-state index is -5.81. The number of alkyl halides is 5. The van der Waals surface area contributed by atoms with Crippen molar-refractivity contribution in [1.29, 1.82) is 0 Å². The van der Waals surface area contributed by atoms with Crippen LogP contribution in [0.1, 0.15) is 190 Å². The number of fused-ring (bicyclic) bond motifs is 2. The molecule has 0 aromatic heterocycles. The fourth-order valence-corrected chi connectivity index (χ4v) is 21.3. The van der Waals surface area contributed by atoms with Gasteiger partial charge in [-0.15, -0.1) is 0 Å². The van der Waals surface area contributed by atoms with Gasteiger partial charge in [0.15, 0.2) is 59.3 Å². The molecule has 7 fully saturated rings. The molecule has 13 rings (SSSR count). The van der Waals surface area contributed by atoms with E-state index >= 15 is 0 Å². The number of carbonyl (C=O) groups excluding carboxylic acids is 5. The van der Waals surface area contributed by atoms with Crippen molar-refractivity contribution in [2.24, 2.45) is 50.7 Å². The number of halogens is 5. The summed E-state index contributed by atoms with van der Waals surface area (Å²) in [4.78, 5) is 66.7. The Kier molecular flexibility index (Phi) is 32.1. The highest BCUT2D eigenvalue weighted by molar-refractivity contribution is 7.97. The van der Waals surface area contributed by atoms with Gasteiger partial charge >= 0.3 is 35.3 Å². The molecule has 0 saturated heterocycles. The maximum absolute atomic E-state index is 13.1. The molecule has 0 spiro atoms. The number of rotatable bonds is 21. The molecule has 0 aliphatic heterocycles. The largest absolute Gasteiger partial charge is 0.748 e. The van der Waals surface area contributed by atoms with E-state index in [4.69, 9.17) is 4.74 Å². The minimum Gasteiger partial charge on any atom is -0.748 e. The normalized spacial score (nSPS) is 21.7. The summed E-state index contributed by atoms with van der Waals surface area (Å²) < 4.78 is 144. The number of Topliss-reactive ketones (excluding diaryl/α,β-unsaturated/α-hetero) is 1.